The SMILES string of the molecule is Cc1ccccc1-n1c(O)c(C=Nc2cccc(C(=O)O)c2C)c(=O)[nH]c1=O. The van der Waals surface area contributed by atoms with Gasteiger partial charge in [0.1, 0.15) is 5.56 Å². The van der Waals surface area contributed by atoms with E-state index in [1.54, 1.807) is 44.2 Å². The fraction of sp³-hybridized carbons (Fsp3) is 0.100. The predicted octanol–water partition coefficient (Wildman–Crippen LogP) is 2.30. The minimum absolute atomic E-state index is 0.0812. The summed E-state index contributed by atoms with van der Waals surface area (Å²) >= 11 is 0. The molecule has 8 heteroatoms. The number of aromatic carboxylic acids is 1. The molecule has 0 aliphatic carbocycles. The van der Waals surface area contributed by atoms with Crippen LogP contribution in [0.15, 0.2) is 57.0 Å². The molecule has 0 aliphatic heterocycles. The molecular weight excluding hydrogens is 362 g/mol. The van der Waals surface area contributed by atoms with Crippen molar-refractivity contribution < 1.29 is 15.0 Å². The third kappa shape index (κ3) is 3.35. The highest BCUT2D eigenvalue weighted by Gasteiger charge is 2.16. The zero-order chi connectivity index (χ0) is 20.4. The first-order valence-electron chi connectivity index (χ1n) is 8.32. The van der Waals surface area contributed by atoms with Gasteiger partial charge in [-0.2, -0.15) is 0 Å². The van der Waals surface area contributed by atoms with Crippen LogP contribution in [0.1, 0.15) is 27.0 Å². The van der Waals surface area contributed by atoms with Crippen molar-refractivity contribution in [1.29, 1.82) is 0 Å². The lowest BCUT2D eigenvalue weighted by Gasteiger charge is -2.12. The lowest BCUT2D eigenvalue weighted by atomic mass is 10.1. The molecule has 0 radical (unpaired) electrons. The Morgan fingerprint density at radius 3 is 2.50 bits per heavy atom. The van der Waals surface area contributed by atoms with Gasteiger partial charge < -0.3 is 10.2 Å². The molecule has 0 atom stereocenters. The molecule has 3 N–H and O–H groups in total. The van der Waals surface area contributed by atoms with Crippen LogP contribution in [0.25, 0.3) is 5.69 Å². The fourth-order valence-electron chi connectivity index (χ4n) is 2.82. The van der Waals surface area contributed by atoms with Crippen molar-refractivity contribution in [2.45, 2.75) is 13.8 Å². The van der Waals surface area contributed by atoms with Crippen LogP contribution in [0, 0.1) is 13.8 Å². The molecule has 0 unspecified atom stereocenters. The number of carboxylic acids is 1. The molecule has 0 spiro atoms. The summed E-state index contributed by atoms with van der Waals surface area (Å²) in [5, 5.41) is 19.8. The van der Waals surface area contributed by atoms with Crippen LogP contribution in [0.4, 0.5) is 5.69 Å². The van der Waals surface area contributed by atoms with Crippen LogP contribution < -0.4 is 11.2 Å². The Hall–Kier alpha value is -3.94. The summed E-state index contributed by atoms with van der Waals surface area (Å²) in [6.07, 6.45) is 1.11. The second-order valence-corrected chi connectivity index (χ2v) is 6.13. The topological polar surface area (TPSA) is 125 Å². The highest BCUT2D eigenvalue weighted by atomic mass is 16.4. The maximum absolute atomic E-state index is 12.3. The molecule has 0 bridgehead atoms. The normalized spacial score (nSPS) is 11.1. The van der Waals surface area contributed by atoms with E-state index in [2.05, 4.69) is 9.98 Å². The van der Waals surface area contributed by atoms with Crippen molar-refractivity contribution in [1.82, 2.24) is 9.55 Å². The Balaban J connectivity index is 2.16. The second kappa shape index (κ2) is 7.36. The van der Waals surface area contributed by atoms with Gasteiger partial charge in [-0.05, 0) is 43.2 Å². The van der Waals surface area contributed by atoms with E-state index in [0.717, 1.165) is 16.3 Å². The molecule has 0 fully saturated rings. The highest BCUT2D eigenvalue weighted by molar-refractivity contribution is 5.92. The Bertz CT molecular complexity index is 1220. The summed E-state index contributed by atoms with van der Waals surface area (Å²) in [5.41, 5.74) is 0.156. The number of nitrogens with one attached hydrogen (secondary N) is 1. The maximum Gasteiger partial charge on any atom is 0.336 e. The zero-order valence-corrected chi connectivity index (χ0v) is 15.1. The number of carbonyl (C=O) groups is 1. The summed E-state index contributed by atoms with van der Waals surface area (Å²) in [5.74, 6) is -1.65. The van der Waals surface area contributed by atoms with E-state index in [-0.39, 0.29) is 11.1 Å². The molecule has 0 aliphatic rings. The fourth-order valence-corrected chi connectivity index (χ4v) is 2.82. The lowest BCUT2D eigenvalue weighted by Crippen LogP contribution is -2.31. The molecule has 0 amide bonds. The van der Waals surface area contributed by atoms with Crippen molar-refractivity contribution in [3.63, 3.8) is 0 Å². The van der Waals surface area contributed by atoms with E-state index in [9.17, 15) is 24.6 Å². The molecule has 1 aromatic heterocycles. The maximum atomic E-state index is 12.3. The Morgan fingerprint density at radius 2 is 1.82 bits per heavy atom. The largest absolute Gasteiger partial charge is 0.493 e. The zero-order valence-electron chi connectivity index (χ0n) is 15.1. The first-order chi connectivity index (χ1) is 13.3. The van der Waals surface area contributed by atoms with E-state index in [4.69, 9.17) is 0 Å². The molecule has 1 heterocycles. The van der Waals surface area contributed by atoms with Crippen LogP contribution in [0.2, 0.25) is 0 Å². The van der Waals surface area contributed by atoms with Crippen molar-refractivity contribution in [2.24, 2.45) is 4.99 Å². The minimum Gasteiger partial charge on any atom is -0.493 e. The summed E-state index contributed by atoms with van der Waals surface area (Å²) in [6.45, 7) is 3.36. The molecule has 3 rings (SSSR count). The predicted molar refractivity (Wildman–Crippen MR) is 104 cm³/mol. The number of aromatic hydroxyl groups is 1. The van der Waals surface area contributed by atoms with Crippen molar-refractivity contribution in [2.75, 3.05) is 0 Å². The molecule has 28 heavy (non-hydrogen) atoms. The smallest absolute Gasteiger partial charge is 0.336 e. The number of aliphatic imine (C=N–C) groups is 1. The molecule has 2 aromatic carbocycles. The van der Waals surface area contributed by atoms with E-state index in [1.807, 2.05) is 0 Å². The number of nitrogens with zero attached hydrogens (tertiary/aromatic N) is 2. The standard InChI is InChI=1S/C20H17N3O5/c1-11-6-3-4-9-16(11)23-18(25)14(17(24)22-20(23)28)10-21-15-8-5-7-13(12(15)2)19(26)27/h3-10,25H,1-2H3,(H,26,27)(H,22,24,28). The van der Waals surface area contributed by atoms with Gasteiger partial charge in [0.05, 0.1) is 16.9 Å². The number of para-hydroxylation sites is 1. The number of rotatable bonds is 4. The monoisotopic (exact) mass is 379 g/mol. The van der Waals surface area contributed by atoms with Gasteiger partial charge in [0.15, 0.2) is 0 Å². The van der Waals surface area contributed by atoms with Crippen molar-refractivity contribution in [3.8, 4) is 11.6 Å². The van der Waals surface area contributed by atoms with Crippen LogP contribution in [-0.4, -0.2) is 31.9 Å². The quantitative estimate of drug-likeness (QED) is 0.600. The summed E-state index contributed by atoms with van der Waals surface area (Å²) in [4.78, 5) is 42.0. The van der Waals surface area contributed by atoms with E-state index in [0.29, 0.717) is 16.9 Å². The highest BCUT2D eigenvalue weighted by Crippen LogP contribution is 2.23. The van der Waals surface area contributed by atoms with E-state index < -0.39 is 23.1 Å². The van der Waals surface area contributed by atoms with Gasteiger partial charge in [-0.1, -0.05) is 24.3 Å². The first-order valence-corrected chi connectivity index (χ1v) is 8.32. The second-order valence-electron chi connectivity index (χ2n) is 6.13. The number of hydrogen-bond donors (Lipinski definition) is 3. The Labute approximate surface area is 159 Å². The number of aryl methyl sites for hydroxylation is 1. The lowest BCUT2D eigenvalue weighted by molar-refractivity contribution is 0.0696. The Morgan fingerprint density at radius 1 is 1.11 bits per heavy atom. The van der Waals surface area contributed by atoms with Gasteiger partial charge in [0, 0.05) is 6.21 Å². The third-order valence-corrected chi connectivity index (χ3v) is 4.35. The van der Waals surface area contributed by atoms with Crippen molar-refractivity contribution in [3.05, 3.63) is 85.6 Å². The summed E-state index contributed by atoms with van der Waals surface area (Å²) < 4.78 is 0.985. The van der Waals surface area contributed by atoms with Crippen LogP contribution in [0.5, 0.6) is 5.88 Å². The van der Waals surface area contributed by atoms with Gasteiger partial charge in [0.2, 0.25) is 5.88 Å². The number of aromatic amines is 1. The van der Waals surface area contributed by atoms with Crippen LogP contribution >= 0.6 is 0 Å². The molecular formula is C20H17N3O5. The number of carboxylic acid groups (broad SMARTS) is 1. The number of benzene rings is 2. The molecule has 0 saturated carbocycles. The van der Waals surface area contributed by atoms with E-state index >= 15 is 0 Å². The van der Waals surface area contributed by atoms with Gasteiger partial charge in [0.25, 0.3) is 5.56 Å². The van der Waals surface area contributed by atoms with Crippen LogP contribution in [-0.2, 0) is 0 Å². The van der Waals surface area contributed by atoms with Gasteiger partial charge in [-0.15, -0.1) is 0 Å². The molecule has 8 nitrogen and oxygen atoms in total. The van der Waals surface area contributed by atoms with Gasteiger partial charge in [-0.3, -0.25) is 14.8 Å². The first kappa shape index (κ1) is 18.8. The summed E-state index contributed by atoms with van der Waals surface area (Å²) in [6, 6.07) is 11.4. The minimum atomic E-state index is -1.09. The average molecular weight is 379 g/mol. The van der Waals surface area contributed by atoms with Crippen LogP contribution in [0.3, 0.4) is 0 Å². The number of H-pyrrole nitrogens is 1. The number of aromatic nitrogens is 2. The van der Waals surface area contributed by atoms with Gasteiger partial charge in [-0.25, -0.2) is 14.2 Å². The summed E-state index contributed by atoms with van der Waals surface area (Å²) in [7, 11) is 0. The molecule has 3 aromatic rings. The van der Waals surface area contributed by atoms with Crippen molar-refractivity contribution >= 4 is 17.9 Å². The molecule has 0 saturated heterocycles. The Kier molecular flexibility index (Phi) is 4.95. The van der Waals surface area contributed by atoms with Gasteiger partial charge >= 0.3 is 11.7 Å². The van der Waals surface area contributed by atoms with E-state index in [1.165, 1.54) is 12.1 Å². The average Bonchev–Trinajstić information content (AvgIpc) is 2.63. The third-order valence-electron chi connectivity index (χ3n) is 4.35. The molecule has 142 valence electrons. The number of hydrogen-bond acceptors (Lipinski definition) is 5.